The number of likely N-dealkylation sites (N-methyl/N-ethyl adjacent to an activating group) is 1. The second-order valence-electron chi connectivity index (χ2n) is 4.10. The Bertz CT molecular complexity index is 423. The molecule has 6 heteroatoms. The Balaban J connectivity index is 2.84. The number of carbonyl (C=O) groups is 1. The second kappa shape index (κ2) is 5.80. The fraction of sp³-hybridized carbons (Fsp3) is 0.455. The molecule has 0 aromatic carbocycles. The van der Waals surface area contributed by atoms with Crippen molar-refractivity contribution in [3.8, 4) is 0 Å². The van der Waals surface area contributed by atoms with Gasteiger partial charge in [-0.25, -0.2) is 4.98 Å². The van der Waals surface area contributed by atoms with Crippen LogP contribution in [0.3, 0.4) is 0 Å². The molecule has 94 valence electrons. The van der Waals surface area contributed by atoms with Crippen molar-refractivity contribution >= 4 is 39.1 Å². The molecular formula is C11H15BrClN3O. The van der Waals surface area contributed by atoms with Crippen LogP contribution in [0.15, 0.2) is 16.7 Å². The number of anilines is 1. The maximum Gasteiger partial charge on any atom is 0.244 e. The maximum atomic E-state index is 12.0. The summed E-state index contributed by atoms with van der Waals surface area (Å²) in [6.45, 7) is 6.28. The molecule has 0 aliphatic rings. The summed E-state index contributed by atoms with van der Waals surface area (Å²) in [7, 11) is 0. The lowest BCUT2D eigenvalue weighted by atomic mass is 10.0. The molecular weight excluding hydrogens is 305 g/mol. The quantitative estimate of drug-likeness (QED) is 0.839. The summed E-state index contributed by atoms with van der Waals surface area (Å²) in [6, 6.07) is 1.72. The van der Waals surface area contributed by atoms with Crippen LogP contribution in [-0.2, 0) is 4.79 Å². The van der Waals surface area contributed by atoms with Crippen LogP contribution in [0.2, 0.25) is 5.15 Å². The van der Waals surface area contributed by atoms with Gasteiger partial charge in [-0.15, -0.1) is 0 Å². The summed E-state index contributed by atoms with van der Waals surface area (Å²) < 4.78 is 0.762. The highest BCUT2D eigenvalue weighted by molar-refractivity contribution is 9.10. The minimum Gasteiger partial charge on any atom is -0.322 e. The first-order valence-corrected chi connectivity index (χ1v) is 6.41. The van der Waals surface area contributed by atoms with E-state index in [1.165, 1.54) is 0 Å². The summed E-state index contributed by atoms with van der Waals surface area (Å²) in [5.74, 6) is -0.152. The largest absolute Gasteiger partial charge is 0.322 e. The molecule has 1 amide bonds. The van der Waals surface area contributed by atoms with E-state index in [2.05, 4.69) is 31.5 Å². The van der Waals surface area contributed by atoms with E-state index in [9.17, 15) is 4.79 Å². The first-order valence-electron chi connectivity index (χ1n) is 5.24. The van der Waals surface area contributed by atoms with Gasteiger partial charge in [-0.05, 0) is 42.4 Å². The first-order chi connectivity index (χ1) is 7.86. The van der Waals surface area contributed by atoms with E-state index in [1.54, 1.807) is 12.3 Å². The van der Waals surface area contributed by atoms with Crippen molar-refractivity contribution in [2.24, 2.45) is 0 Å². The zero-order chi connectivity index (χ0) is 13.1. The monoisotopic (exact) mass is 319 g/mol. The molecule has 2 N–H and O–H groups in total. The van der Waals surface area contributed by atoms with E-state index in [0.717, 1.165) is 4.47 Å². The normalized spacial score (nSPS) is 11.4. The number of carbonyl (C=O) groups excluding carboxylic acids is 1. The third-order valence-electron chi connectivity index (χ3n) is 2.24. The Morgan fingerprint density at radius 1 is 1.59 bits per heavy atom. The summed E-state index contributed by atoms with van der Waals surface area (Å²) in [4.78, 5) is 16.0. The molecule has 1 aromatic heterocycles. The maximum absolute atomic E-state index is 12.0. The number of pyridine rings is 1. The third-order valence-corrected chi connectivity index (χ3v) is 2.98. The highest BCUT2D eigenvalue weighted by Crippen LogP contribution is 2.23. The van der Waals surface area contributed by atoms with Crippen LogP contribution in [0, 0.1) is 0 Å². The van der Waals surface area contributed by atoms with Gasteiger partial charge in [-0.1, -0.05) is 18.5 Å². The molecule has 0 spiro atoms. The summed E-state index contributed by atoms with van der Waals surface area (Å²) >= 11 is 9.18. The van der Waals surface area contributed by atoms with Gasteiger partial charge >= 0.3 is 0 Å². The average Bonchev–Trinajstić information content (AvgIpc) is 2.23. The molecule has 0 aliphatic heterocycles. The van der Waals surface area contributed by atoms with Crippen molar-refractivity contribution in [2.45, 2.75) is 26.3 Å². The number of halogens is 2. The fourth-order valence-electron chi connectivity index (χ4n) is 1.31. The fourth-order valence-corrected chi connectivity index (χ4v) is 1.79. The number of hydrogen-bond donors (Lipinski definition) is 2. The predicted octanol–water partition coefficient (Wildman–Crippen LogP) is 2.82. The standard InChI is InChI=1S/C11H15BrClN3O/c1-4-15-11(2,3)10(17)16-8-5-7(12)6-14-9(8)13/h5-6,15H,4H2,1-3H3,(H,16,17). The van der Waals surface area contributed by atoms with Gasteiger partial charge in [-0.3, -0.25) is 4.79 Å². The molecule has 1 rings (SSSR count). The number of rotatable bonds is 4. The minimum absolute atomic E-state index is 0.152. The Morgan fingerprint density at radius 3 is 2.82 bits per heavy atom. The van der Waals surface area contributed by atoms with E-state index in [4.69, 9.17) is 11.6 Å². The Morgan fingerprint density at radius 2 is 2.24 bits per heavy atom. The lowest BCUT2D eigenvalue weighted by Crippen LogP contribution is -2.49. The van der Waals surface area contributed by atoms with Crippen molar-refractivity contribution < 1.29 is 4.79 Å². The third kappa shape index (κ3) is 3.94. The van der Waals surface area contributed by atoms with Gasteiger partial charge in [0.05, 0.1) is 11.2 Å². The number of aromatic nitrogens is 1. The van der Waals surface area contributed by atoms with Gasteiger partial charge in [0.2, 0.25) is 5.91 Å². The lowest BCUT2D eigenvalue weighted by molar-refractivity contribution is -0.121. The topological polar surface area (TPSA) is 54.0 Å². The second-order valence-corrected chi connectivity index (χ2v) is 5.38. The molecule has 0 unspecified atom stereocenters. The summed E-state index contributed by atoms with van der Waals surface area (Å²) in [5, 5.41) is 6.11. The van der Waals surface area contributed by atoms with Crippen LogP contribution in [-0.4, -0.2) is 23.0 Å². The summed E-state index contributed by atoms with van der Waals surface area (Å²) in [6.07, 6.45) is 1.58. The number of nitrogens with zero attached hydrogens (tertiary/aromatic N) is 1. The highest BCUT2D eigenvalue weighted by atomic mass is 79.9. The van der Waals surface area contributed by atoms with Crippen LogP contribution < -0.4 is 10.6 Å². The SMILES string of the molecule is CCNC(C)(C)C(=O)Nc1cc(Br)cnc1Cl. The molecule has 0 fully saturated rings. The molecule has 1 heterocycles. The van der Waals surface area contributed by atoms with Crippen molar-refractivity contribution in [2.75, 3.05) is 11.9 Å². The van der Waals surface area contributed by atoms with Crippen LogP contribution in [0.1, 0.15) is 20.8 Å². The van der Waals surface area contributed by atoms with Gasteiger partial charge in [0.25, 0.3) is 0 Å². The van der Waals surface area contributed by atoms with Crippen molar-refractivity contribution in [3.05, 3.63) is 21.9 Å². The molecule has 0 aliphatic carbocycles. The Labute approximate surface area is 114 Å². The number of hydrogen-bond acceptors (Lipinski definition) is 3. The van der Waals surface area contributed by atoms with Crippen LogP contribution >= 0.6 is 27.5 Å². The zero-order valence-electron chi connectivity index (χ0n) is 9.97. The molecule has 0 bridgehead atoms. The van der Waals surface area contributed by atoms with E-state index in [0.29, 0.717) is 12.2 Å². The zero-order valence-corrected chi connectivity index (χ0v) is 12.3. The first kappa shape index (κ1) is 14.4. The minimum atomic E-state index is -0.652. The Hall–Kier alpha value is -0.650. The molecule has 4 nitrogen and oxygen atoms in total. The van der Waals surface area contributed by atoms with Gasteiger partial charge < -0.3 is 10.6 Å². The van der Waals surface area contributed by atoms with E-state index in [-0.39, 0.29) is 11.1 Å². The average molecular weight is 321 g/mol. The predicted molar refractivity (Wildman–Crippen MR) is 73.3 cm³/mol. The molecule has 17 heavy (non-hydrogen) atoms. The van der Waals surface area contributed by atoms with Gasteiger partial charge in [0.1, 0.15) is 0 Å². The number of amides is 1. The highest BCUT2D eigenvalue weighted by Gasteiger charge is 2.26. The molecule has 0 saturated carbocycles. The number of nitrogens with one attached hydrogen (secondary N) is 2. The van der Waals surface area contributed by atoms with Crippen molar-refractivity contribution in [1.29, 1.82) is 0 Å². The van der Waals surface area contributed by atoms with Gasteiger partial charge in [0, 0.05) is 10.7 Å². The van der Waals surface area contributed by atoms with Crippen molar-refractivity contribution in [3.63, 3.8) is 0 Å². The smallest absolute Gasteiger partial charge is 0.244 e. The van der Waals surface area contributed by atoms with Crippen molar-refractivity contribution in [1.82, 2.24) is 10.3 Å². The summed E-state index contributed by atoms with van der Waals surface area (Å²) in [5.41, 5.74) is -0.155. The van der Waals surface area contributed by atoms with Crippen LogP contribution in [0.4, 0.5) is 5.69 Å². The van der Waals surface area contributed by atoms with Gasteiger partial charge in [0.15, 0.2) is 5.15 Å². The lowest BCUT2D eigenvalue weighted by Gasteiger charge is -2.24. The molecule has 0 radical (unpaired) electrons. The molecule has 1 aromatic rings. The molecule has 0 saturated heterocycles. The van der Waals surface area contributed by atoms with E-state index < -0.39 is 5.54 Å². The molecule has 0 atom stereocenters. The Kier molecular flexibility index (Phi) is 4.91. The van der Waals surface area contributed by atoms with E-state index >= 15 is 0 Å². The van der Waals surface area contributed by atoms with Gasteiger partial charge in [-0.2, -0.15) is 0 Å². The van der Waals surface area contributed by atoms with E-state index in [1.807, 2.05) is 20.8 Å². The van der Waals surface area contributed by atoms with Crippen LogP contribution in [0.5, 0.6) is 0 Å². The van der Waals surface area contributed by atoms with Crippen LogP contribution in [0.25, 0.3) is 0 Å².